The molecule has 0 fully saturated rings. The molecule has 0 spiro atoms. The lowest BCUT2D eigenvalue weighted by molar-refractivity contribution is -0.172. The maximum absolute atomic E-state index is 12.1. The van der Waals surface area contributed by atoms with Gasteiger partial charge < -0.3 is 0 Å². The Balaban J connectivity index is 2.37. The molecule has 1 aromatic rings. The number of carbonyl (C=O) groups is 1. The standard InChI is InChI=1S/C10H15N3O4/c1-12(16-2)9(14)7-5-3-4-6-8-11-17-10(15)13(7)8/h7H,3-6H2,1-2H3. The molecule has 1 aliphatic rings. The first-order chi connectivity index (χ1) is 8.15. The van der Waals surface area contributed by atoms with Crippen molar-refractivity contribution in [1.82, 2.24) is 14.8 Å². The van der Waals surface area contributed by atoms with Crippen molar-refractivity contribution in [2.24, 2.45) is 0 Å². The second kappa shape index (κ2) is 4.70. The minimum Gasteiger partial charge on any atom is -0.296 e. The first-order valence-electron chi connectivity index (χ1n) is 5.54. The number of nitrogens with zero attached hydrogens (tertiary/aromatic N) is 3. The molecule has 2 heterocycles. The Kier molecular flexibility index (Phi) is 3.28. The van der Waals surface area contributed by atoms with Gasteiger partial charge in [-0.1, -0.05) is 11.6 Å². The highest BCUT2D eigenvalue weighted by Gasteiger charge is 2.30. The van der Waals surface area contributed by atoms with Gasteiger partial charge in [-0.2, -0.15) is 0 Å². The first kappa shape index (κ1) is 11.8. The number of carbonyl (C=O) groups excluding carboxylic acids is 1. The van der Waals surface area contributed by atoms with Crippen LogP contribution in [0.3, 0.4) is 0 Å². The van der Waals surface area contributed by atoms with Gasteiger partial charge in [0.05, 0.1) is 7.11 Å². The molecule has 0 saturated carbocycles. The number of hydrogen-bond donors (Lipinski definition) is 0. The molecule has 2 rings (SSSR count). The number of rotatable bonds is 2. The number of fused-ring (bicyclic) bond motifs is 1. The van der Waals surface area contributed by atoms with Gasteiger partial charge in [-0.05, 0) is 12.8 Å². The summed E-state index contributed by atoms with van der Waals surface area (Å²) < 4.78 is 5.95. The van der Waals surface area contributed by atoms with Crippen LogP contribution in [0.25, 0.3) is 0 Å². The van der Waals surface area contributed by atoms with Crippen molar-refractivity contribution in [3.8, 4) is 0 Å². The van der Waals surface area contributed by atoms with Crippen LogP contribution in [0.1, 0.15) is 31.1 Å². The quantitative estimate of drug-likeness (QED) is 0.687. The number of hydroxylamine groups is 2. The van der Waals surface area contributed by atoms with E-state index in [1.165, 1.54) is 18.7 Å². The summed E-state index contributed by atoms with van der Waals surface area (Å²) in [6, 6.07) is -0.573. The van der Waals surface area contributed by atoms with Gasteiger partial charge in [0.1, 0.15) is 6.04 Å². The lowest BCUT2D eigenvalue weighted by Crippen LogP contribution is -2.37. The maximum Gasteiger partial charge on any atom is 0.442 e. The lowest BCUT2D eigenvalue weighted by Gasteiger charge is -2.21. The number of aryl methyl sites for hydroxylation is 1. The molecule has 1 atom stereocenters. The summed E-state index contributed by atoms with van der Waals surface area (Å²) in [7, 11) is 2.93. The van der Waals surface area contributed by atoms with Gasteiger partial charge in [-0.25, -0.2) is 14.4 Å². The van der Waals surface area contributed by atoms with Crippen LogP contribution >= 0.6 is 0 Å². The number of likely N-dealkylation sites (N-methyl/N-ethyl adjacent to an activating group) is 1. The van der Waals surface area contributed by atoms with Crippen LogP contribution in [0.15, 0.2) is 9.32 Å². The smallest absolute Gasteiger partial charge is 0.296 e. The van der Waals surface area contributed by atoms with Gasteiger partial charge in [0.25, 0.3) is 5.91 Å². The number of amides is 1. The van der Waals surface area contributed by atoms with Gasteiger partial charge >= 0.3 is 5.76 Å². The molecule has 0 aromatic carbocycles. The van der Waals surface area contributed by atoms with Crippen LogP contribution in [0.2, 0.25) is 0 Å². The Hall–Kier alpha value is -1.63. The minimum atomic E-state index is -0.579. The zero-order valence-electron chi connectivity index (χ0n) is 9.88. The fraction of sp³-hybridized carbons (Fsp3) is 0.700. The third-order valence-electron chi connectivity index (χ3n) is 3.01. The van der Waals surface area contributed by atoms with Crippen molar-refractivity contribution in [2.75, 3.05) is 14.2 Å². The third kappa shape index (κ3) is 2.10. The molecule has 0 radical (unpaired) electrons. The first-order valence-corrected chi connectivity index (χ1v) is 5.54. The van der Waals surface area contributed by atoms with Crippen molar-refractivity contribution in [2.45, 2.75) is 31.7 Å². The molecule has 0 saturated heterocycles. The van der Waals surface area contributed by atoms with Crippen molar-refractivity contribution >= 4 is 5.91 Å². The van der Waals surface area contributed by atoms with E-state index in [9.17, 15) is 9.59 Å². The monoisotopic (exact) mass is 241 g/mol. The number of hydrogen-bond acceptors (Lipinski definition) is 5. The van der Waals surface area contributed by atoms with E-state index in [0.29, 0.717) is 18.7 Å². The Morgan fingerprint density at radius 2 is 2.35 bits per heavy atom. The predicted octanol–water partition coefficient (Wildman–Crippen LogP) is 0.124. The molecule has 7 heteroatoms. The zero-order chi connectivity index (χ0) is 12.4. The van der Waals surface area contributed by atoms with Crippen LogP contribution in [0.5, 0.6) is 0 Å². The molecular weight excluding hydrogens is 226 g/mol. The summed E-state index contributed by atoms with van der Waals surface area (Å²) in [5.41, 5.74) is 0. The maximum atomic E-state index is 12.1. The molecule has 1 aromatic heterocycles. The van der Waals surface area contributed by atoms with Crippen LogP contribution in [0, 0.1) is 0 Å². The van der Waals surface area contributed by atoms with Gasteiger partial charge in [0.2, 0.25) is 0 Å². The van der Waals surface area contributed by atoms with Crippen molar-refractivity contribution in [1.29, 1.82) is 0 Å². The Morgan fingerprint density at radius 3 is 3.06 bits per heavy atom. The molecule has 7 nitrogen and oxygen atoms in total. The van der Waals surface area contributed by atoms with Gasteiger partial charge in [0.15, 0.2) is 5.82 Å². The van der Waals surface area contributed by atoms with E-state index in [1.807, 2.05) is 0 Å². The van der Waals surface area contributed by atoms with Gasteiger partial charge in [-0.15, -0.1) is 0 Å². The van der Waals surface area contributed by atoms with E-state index < -0.39 is 11.8 Å². The van der Waals surface area contributed by atoms with Crippen molar-refractivity contribution < 1.29 is 14.2 Å². The highest BCUT2D eigenvalue weighted by Crippen LogP contribution is 2.22. The van der Waals surface area contributed by atoms with Crippen molar-refractivity contribution in [3.63, 3.8) is 0 Å². The minimum absolute atomic E-state index is 0.263. The molecule has 0 N–H and O–H groups in total. The lowest BCUT2D eigenvalue weighted by atomic mass is 10.1. The van der Waals surface area contributed by atoms with Crippen molar-refractivity contribution in [3.05, 3.63) is 16.4 Å². The Labute approximate surface area is 97.9 Å². The zero-order valence-corrected chi connectivity index (χ0v) is 9.88. The fourth-order valence-electron chi connectivity index (χ4n) is 2.04. The molecule has 1 unspecified atom stereocenters. The number of aromatic nitrogens is 2. The fourth-order valence-corrected chi connectivity index (χ4v) is 2.04. The van der Waals surface area contributed by atoms with Gasteiger partial charge in [-0.3, -0.25) is 14.2 Å². The molecule has 94 valence electrons. The molecule has 0 bridgehead atoms. The second-order valence-corrected chi connectivity index (χ2v) is 4.01. The van der Waals surface area contributed by atoms with E-state index in [4.69, 9.17) is 4.84 Å². The average Bonchev–Trinajstić information content (AvgIpc) is 2.59. The van der Waals surface area contributed by atoms with E-state index in [2.05, 4.69) is 9.68 Å². The molecule has 1 aliphatic heterocycles. The molecule has 1 amide bonds. The van der Waals surface area contributed by atoms with Crippen LogP contribution < -0.4 is 5.76 Å². The van der Waals surface area contributed by atoms with E-state index >= 15 is 0 Å². The predicted molar refractivity (Wildman–Crippen MR) is 57.1 cm³/mol. The molecule has 0 aliphatic carbocycles. The summed E-state index contributed by atoms with van der Waals surface area (Å²) >= 11 is 0. The summed E-state index contributed by atoms with van der Waals surface area (Å²) in [5, 5.41) is 4.82. The summed E-state index contributed by atoms with van der Waals surface area (Å²) in [6.45, 7) is 0. The second-order valence-electron chi connectivity index (χ2n) is 4.01. The SMILES string of the molecule is CON(C)C(=O)C1CCCCc2noc(=O)n21. The van der Waals surface area contributed by atoms with Crippen LogP contribution in [0.4, 0.5) is 0 Å². The van der Waals surface area contributed by atoms with Crippen LogP contribution in [-0.2, 0) is 16.1 Å². The topological polar surface area (TPSA) is 77.6 Å². The largest absolute Gasteiger partial charge is 0.442 e. The Bertz CT molecular complexity index is 464. The average molecular weight is 241 g/mol. The third-order valence-corrected chi connectivity index (χ3v) is 3.01. The Morgan fingerprint density at radius 1 is 1.59 bits per heavy atom. The normalized spacial score (nSPS) is 19.5. The molecular formula is C10H15N3O4. The van der Waals surface area contributed by atoms with E-state index in [1.54, 1.807) is 0 Å². The highest BCUT2D eigenvalue weighted by atomic mass is 16.7. The van der Waals surface area contributed by atoms with Gasteiger partial charge in [0, 0.05) is 13.5 Å². The van der Waals surface area contributed by atoms with E-state index in [0.717, 1.165) is 17.9 Å². The summed E-state index contributed by atoms with van der Waals surface area (Å²) in [4.78, 5) is 28.5. The summed E-state index contributed by atoms with van der Waals surface area (Å²) in [6.07, 6.45) is 3.02. The highest BCUT2D eigenvalue weighted by molar-refractivity contribution is 5.79. The molecule has 17 heavy (non-hydrogen) atoms. The van der Waals surface area contributed by atoms with Crippen LogP contribution in [-0.4, -0.2) is 34.9 Å². The van der Waals surface area contributed by atoms with E-state index in [-0.39, 0.29) is 5.91 Å². The summed E-state index contributed by atoms with van der Waals surface area (Å²) in [5.74, 6) is -0.305.